The molecule has 0 bridgehead atoms. The van der Waals surface area contributed by atoms with Gasteiger partial charge in [-0.15, -0.1) is 0 Å². The summed E-state index contributed by atoms with van der Waals surface area (Å²) >= 11 is 4.67. The van der Waals surface area contributed by atoms with Crippen LogP contribution in [0, 0.1) is 18.6 Å². The van der Waals surface area contributed by atoms with Crippen LogP contribution in [0.4, 0.5) is 8.78 Å². The van der Waals surface area contributed by atoms with Crippen molar-refractivity contribution in [3.8, 4) is 11.5 Å². The highest BCUT2D eigenvalue weighted by Gasteiger charge is 2.14. The Hall–Kier alpha value is -2.01. The topological polar surface area (TPSA) is 35.2 Å². The first-order chi connectivity index (χ1) is 8.97. The zero-order chi connectivity index (χ0) is 14.0. The number of nitrogens with two attached hydrogens (primary N) is 1. The average Bonchev–Trinajstić information content (AvgIpc) is 2.35. The Morgan fingerprint density at radius 3 is 2.11 bits per heavy atom. The van der Waals surface area contributed by atoms with Gasteiger partial charge in [-0.2, -0.15) is 0 Å². The molecule has 2 aromatic rings. The van der Waals surface area contributed by atoms with Gasteiger partial charge in [-0.3, -0.25) is 0 Å². The lowest BCUT2D eigenvalue weighted by Crippen LogP contribution is -2.10. The number of benzene rings is 2. The van der Waals surface area contributed by atoms with E-state index in [0.29, 0.717) is 5.75 Å². The highest BCUT2D eigenvalue weighted by molar-refractivity contribution is 7.80. The van der Waals surface area contributed by atoms with E-state index < -0.39 is 17.4 Å². The molecule has 0 heterocycles. The molecule has 0 aliphatic heterocycles. The third-order valence-electron chi connectivity index (χ3n) is 2.52. The first-order valence-electron chi connectivity index (χ1n) is 5.51. The van der Waals surface area contributed by atoms with Gasteiger partial charge in [0.15, 0.2) is 17.4 Å². The highest BCUT2D eigenvalue weighted by Crippen LogP contribution is 2.28. The first kappa shape index (κ1) is 13.4. The lowest BCUT2D eigenvalue weighted by Gasteiger charge is -2.09. The lowest BCUT2D eigenvalue weighted by molar-refractivity contribution is 0.407. The number of hydrogen-bond acceptors (Lipinski definition) is 2. The molecule has 98 valence electrons. The summed E-state index contributed by atoms with van der Waals surface area (Å²) in [7, 11) is 0. The number of aryl methyl sites for hydroxylation is 1. The molecule has 0 unspecified atom stereocenters. The summed E-state index contributed by atoms with van der Waals surface area (Å²) in [4.78, 5) is -0.0697. The third kappa shape index (κ3) is 3.06. The summed E-state index contributed by atoms with van der Waals surface area (Å²) in [6.45, 7) is 1.90. The molecular formula is C14H11F2NOS. The number of halogens is 2. The van der Waals surface area contributed by atoms with Crippen molar-refractivity contribution in [2.45, 2.75) is 6.92 Å². The Kier molecular flexibility index (Phi) is 3.76. The van der Waals surface area contributed by atoms with E-state index in [0.717, 1.165) is 17.7 Å². The molecule has 5 heteroatoms. The van der Waals surface area contributed by atoms with Gasteiger partial charge in [0, 0.05) is 5.56 Å². The smallest absolute Gasteiger partial charge is 0.198 e. The van der Waals surface area contributed by atoms with Crippen molar-refractivity contribution in [1.82, 2.24) is 0 Å². The zero-order valence-electron chi connectivity index (χ0n) is 10.1. The number of hydrogen-bond donors (Lipinski definition) is 1. The minimum atomic E-state index is -0.844. The largest absolute Gasteiger partial charge is 0.451 e. The Labute approximate surface area is 114 Å². The van der Waals surface area contributed by atoms with Crippen molar-refractivity contribution in [1.29, 1.82) is 0 Å². The summed E-state index contributed by atoms with van der Waals surface area (Å²) in [5.41, 5.74) is 6.48. The predicted molar refractivity (Wildman–Crippen MR) is 73.5 cm³/mol. The van der Waals surface area contributed by atoms with Crippen molar-refractivity contribution in [3.63, 3.8) is 0 Å². The molecular weight excluding hydrogens is 268 g/mol. The van der Waals surface area contributed by atoms with E-state index in [1.165, 1.54) is 0 Å². The van der Waals surface area contributed by atoms with Crippen molar-refractivity contribution < 1.29 is 13.5 Å². The Bertz CT molecular complexity index is 603. The van der Waals surface area contributed by atoms with E-state index in [1.807, 2.05) is 6.92 Å². The second kappa shape index (κ2) is 5.32. The fourth-order valence-corrected chi connectivity index (χ4v) is 1.64. The maximum absolute atomic E-state index is 13.8. The first-order valence-corrected chi connectivity index (χ1v) is 5.91. The van der Waals surface area contributed by atoms with E-state index in [2.05, 4.69) is 12.2 Å². The van der Waals surface area contributed by atoms with E-state index in [-0.39, 0.29) is 10.6 Å². The van der Waals surface area contributed by atoms with Gasteiger partial charge < -0.3 is 10.5 Å². The van der Waals surface area contributed by atoms with Gasteiger partial charge in [0.1, 0.15) is 10.7 Å². The average molecular weight is 279 g/mol. The van der Waals surface area contributed by atoms with Crippen LogP contribution in [0.15, 0.2) is 36.4 Å². The summed E-state index contributed by atoms with van der Waals surface area (Å²) in [6.07, 6.45) is 0. The Morgan fingerprint density at radius 1 is 1.11 bits per heavy atom. The monoisotopic (exact) mass is 279 g/mol. The molecule has 0 radical (unpaired) electrons. The van der Waals surface area contributed by atoms with Gasteiger partial charge >= 0.3 is 0 Å². The van der Waals surface area contributed by atoms with Gasteiger partial charge in [0.2, 0.25) is 0 Å². The second-order valence-electron chi connectivity index (χ2n) is 4.05. The van der Waals surface area contributed by atoms with Crippen LogP contribution < -0.4 is 10.5 Å². The molecule has 2 rings (SSSR count). The SMILES string of the molecule is Cc1ccc(Oc2c(F)cc(C(N)=S)cc2F)cc1. The number of ether oxygens (including phenoxy) is 1. The van der Waals surface area contributed by atoms with Crippen LogP contribution in [-0.4, -0.2) is 4.99 Å². The molecule has 0 saturated heterocycles. The van der Waals surface area contributed by atoms with Crippen molar-refractivity contribution >= 4 is 17.2 Å². The van der Waals surface area contributed by atoms with E-state index in [9.17, 15) is 8.78 Å². The minimum absolute atomic E-state index is 0.0697. The standard InChI is InChI=1S/C14H11F2NOS/c1-8-2-4-10(5-3-8)18-13-11(15)6-9(14(17)19)7-12(13)16/h2-7H,1H3,(H2,17,19). The summed E-state index contributed by atoms with van der Waals surface area (Å²) in [5, 5.41) is 0. The molecule has 19 heavy (non-hydrogen) atoms. The molecule has 0 amide bonds. The van der Waals surface area contributed by atoms with E-state index >= 15 is 0 Å². The predicted octanol–water partition coefficient (Wildman–Crippen LogP) is 3.70. The van der Waals surface area contributed by atoms with Crippen LogP contribution in [0.3, 0.4) is 0 Å². The second-order valence-corrected chi connectivity index (χ2v) is 4.49. The fourth-order valence-electron chi connectivity index (χ4n) is 1.52. The molecule has 0 atom stereocenters. The van der Waals surface area contributed by atoms with Crippen LogP contribution in [0.1, 0.15) is 11.1 Å². The van der Waals surface area contributed by atoms with E-state index in [4.69, 9.17) is 10.5 Å². The molecule has 0 spiro atoms. The molecule has 2 N–H and O–H groups in total. The Morgan fingerprint density at radius 2 is 1.63 bits per heavy atom. The van der Waals surface area contributed by atoms with Gasteiger partial charge in [-0.05, 0) is 31.2 Å². The van der Waals surface area contributed by atoms with Gasteiger partial charge in [0.05, 0.1) is 0 Å². The lowest BCUT2D eigenvalue weighted by atomic mass is 10.2. The molecule has 0 fully saturated rings. The molecule has 2 nitrogen and oxygen atoms in total. The normalized spacial score (nSPS) is 10.3. The van der Waals surface area contributed by atoms with Crippen LogP contribution in [0.2, 0.25) is 0 Å². The Balaban J connectivity index is 2.35. The number of rotatable bonds is 3. The van der Waals surface area contributed by atoms with Crippen LogP contribution >= 0.6 is 12.2 Å². The molecule has 0 aliphatic carbocycles. The number of thiocarbonyl (C=S) groups is 1. The van der Waals surface area contributed by atoms with Crippen molar-refractivity contribution in [2.75, 3.05) is 0 Å². The zero-order valence-corrected chi connectivity index (χ0v) is 10.9. The highest BCUT2D eigenvalue weighted by atomic mass is 32.1. The molecule has 0 aliphatic rings. The van der Waals surface area contributed by atoms with Crippen LogP contribution in [0.5, 0.6) is 11.5 Å². The van der Waals surface area contributed by atoms with Crippen molar-refractivity contribution in [3.05, 3.63) is 59.2 Å². The van der Waals surface area contributed by atoms with Gasteiger partial charge in [0.25, 0.3) is 0 Å². The van der Waals surface area contributed by atoms with Crippen LogP contribution in [0.25, 0.3) is 0 Å². The quantitative estimate of drug-likeness (QED) is 0.870. The summed E-state index contributed by atoms with van der Waals surface area (Å²) in [5.74, 6) is -1.80. The fraction of sp³-hybridized carbons (Fsp3) is 0.0714. The minimum Gasteiger partial charge on any atom is -0.451 e. The maximum atomic E-state index is 13.8. The third-order valence-corrected chi connectivity index (χ3v) is 2.76. The molecule has 0 saturated carbocycles. The van der Waals surface area contributed by atoms with Gasteiger partial charge in [-0.1, -0.05) is 29.9 Å². The van der Waals surface area contributed by atoms with Gasteiger partial charge in [-0.25, -0.2) is 8.78 Å². The van der Waals surface area contributed by atoms with Crippen molar-refractivity contribution in [2.24, 2.45) is 5.73 Å². The van der Waals surface area contributed by atoms with Crippen LogP contribution in [-0.2, 0) is 0 Å². The van der Waals surface area contributed by atoms with E-state index in [1.54, 1.807) is 24.3 Å². The summed E-state index contributed by atoms with van der Waals surface area (Å²) < 4.78 is 32.7. The summed E-state index contributed by atoms with van der Waals surface area (Å²) in [6, 6.07) is 8.94. The molecule has 0 aromatic heterocycles. The molecule has 2 aromatic carbocycles. The maximum Gasteiger partial charge on any atom is 0.198 e.